The Hall–Kier alpha value is -0.330. The molecule has 1 aliphatic heterocycles. The summed E-state index contributed by atoms with van der Waals surface area (Å²) < 4.78 is 5.50. The standard InChI is InChI=1S/C8H14N2O2S2/c1-6(9-8(13)14)7(11)10-2-4-12-5-3-10/h6H,2-5H2,1H3,(H2,9,13,14). The molecule has 0 spiro atoms. The zero-order valence-electron chi connectivity index (χ0n) is 8.02. The van der Waals surface area contributed by atoms with Gasteiger partial charge in [0.25, 0.3) is 0 Å². The molecule has 1 N–H and O–H groups in total. The Kier molecular flexibility index (Phi) is 4.64. The number of amides is 1. The Morgan fingerprint density at radius 1 is 1.57 bits per heavy atom. The first-order valence-electron chi connectivity index (χ1n) is 4.47. The fraction of sp³-hybridized carbons (Fsp3) is 0.750. The monoisotopic (exact) mass is 234 g/mol. The van der Waals surface area contributed by atoms with E-state index in [4.69, 9.17) is 17.0 Å². The molecule has 6 heteroatoms. The fourth-order valence-corrected chi connectivity index (χ4v) is 1.67. The third kappa shape index (κ3) is 3.43. The molecule has 0 saturated carbocycles. The minimum atomic E-state index is -0.307. The highest BCUT2D eigenvalue weighted by atomic mass is 32.1. The van der Waals surface area contributed by atoms with Crippen molar-refractivity contribution in [3.63, 3.8) is 0 Å². The van der Waals surface area contributed by atoms with Gasteiger partial charge in [0.05, 0.1) is 13.2 Å². The molecule has 0 bridgehead atoms. The average molecular weight is 234 g/mol. The summed E-state index contributed by atoms with van der Waals surface area (Å²) in [6.45, 7) is 4.32. The molecule has 1 amide bonds. The third-order valence-electron chi connectivity index (χ3n) is 2.03. The molecular formula is C8H14N2O2S2. The van der Waals surface area contributed by atoms with Crippen LogP contribution in [0.2, 0.25) is 0 Å². The Morgan fingerprint density at radius 2 is 2.14 bits per heavy atom. The summed E-state index contributed by atoms with van der Waals surface area (Å²) in [6, 6.07) is -0.307. The predicted octanol–water partition coefficient (Wildman–Crippen LogP) is 0.0380. The van der Waals surface area contributed by atoms with Crippen molar-refractivity contribution in [1.29, 1.82) is 0 Å². The molecule has 1 aliphatic rings. The first-order valence-corrected chi connectivity index (χ1v) is 5.33. The molecular weight excluding hydrogens is 220 g/mol. The van der Waals surface area contributed by atoms with Crippen molar-refractivity contribution in [3.05, 3.63) is 0 Å². The van der Waals surface area contributed by atoms with E-state index >= 15 is 0 Å². The zero-order chi connectivity index (χ0) is 10.6. The molecule has 0 aromatic heterocycles. The van der Waals surface area contributed by atoms with Crippen molar-refractivity contribution in [2.75, 3.05) is 26.3 Å². The van der Waals surface area contributed by atoms with Crippen LogP contribution >= 0.6 is 24.8 Å². The van der Waals surface area contributed by atoms with Crippen LogP contribution in [0.25, 0.3) is 0 Å². The molecule has 1 heterocycles. The molecule has 0 aromatic carbocycles. The van der Waals surface area contributed by atoms with Gasteiger partial charge in [-0.3, -0.25) is 4.79 Å². The van der Waals surface area contributed by atoms with Gasteiger partial charge in [-0.05, 0) is 6.92 Å². The number of carbonyl (C=O) groups excluding carboxylic acids is 1. The summed E-state index contributed by atoms with van der Waals surface area (Å²) in [5.41, 5.74) is 0. The van der Waals surface area contributed by atoms with Crippen LogP contribution in [0.3, 0.4) is 0 Å². The van der Waals surface area contributed by atoms with Gasteiger partial charge in [0, 0.05) is 13.1 Å². The van der Waals surface area contributed by atoms with Gasteiger partial charge in [0.1, 0.15) is 10.4 Å². The molecule has 0 aliphatic carbocycles. The number of nitrogens with zero attached hydrogens (tertiary/aromatic N) is 1. The summed E-state index contributed by atoms with van der Waals surface area (Å²) in [5.74, 6) is 0.0460. The quantitative estimate of drug-likeness (QED) is 0.523. The van der Waals surface area contributed by atoms with Gasteiger partial charge in [-0.2, -0.15) is 0 Å². The first kappa shape index (κ1) is 11.7. The summed E-state index contributed by atoms with van der Waals surface area (Å²) in [6.07, 6.45) is 0. The number of carbonyl (C=O) groups is 1. The minimum absolute atomic E-state index is 0.0460. The SMILES string of the molecule is CC(NC(=S)S)C(=O)N1CCOCC1. The Morgan fingerprint density at radius 3 is 2.64 bits per heavy atom. The van der Waals surface area contributed by atoms with Crippen LogP contribution in [0.4, 0.5) is 0 Å². The van der Waals surface area contributed by atoms with Crippen molar-refractivity contribution < 1.29 is 9.53 Å². The highest BCUT2D eigenvalue weighted by Crippen LogP contribution is 2.00. The van der Waals surface area contributed by atoms with E-state index in [0.29, 0.717) is 30.6 Å². The van der Waals surface area contributed by atoms with Crippen LogP contribution in [0.15, 0.2) is 0 Å². The summed E-state index contributed by atoms with van der Waals surface area (Å²) in [5, 5.41) is 2.80. The van der Waals surface area contributed by atoms with E-state index in [2.05, 4.69) is 17.9 Å². The number of ether oxygens (including phenoxy) is 1. The lowest BCUT2D eigenvalue weighted by molar-refractivity contribution is -0.136. The number of hydrogen-bond donors (Lipinski definition) is 2. The smallest absolute Gasteiger partial charge is 0.244 e. The number of hydrogen-bond acceptors (Lipinski definition) is 3. The number of thiocarbonyl (C=S) groups is 1. The maximum atomic E-state index is 11.7. The van der Waals surface area contributed by atoms with Crippen LogP contribution in [-0.4, -0.2) is 47.5 Å². The Bertz CT molecular complexity index is 229. The lowest BCUT2D eigenvalue weighted by Crippen LogP contribution is -2.49. The second kappa shape index (κ2) is 5.53. The Balaban J connectivity index is 2.42. The van der Waals surface area contributed by atoms with Crippen LogP contribution in [0, 0.1) is 0 Å². The van der Waals surface area contributed by atoms with Crippen molar-refractivity contribution in [2.45, 2.75) is 13.0 Å². The van der Waals surface area contributed by atoms with Gasteiger partial charge in [-0.15, -0.1) is 12.6 Å². The van der Waals surface area contributed by atoms with Crippen molar-refractivity contribution >= 4 is 35.1 Å². The molecule has 80 valence electrons. The fourth-order valence-electron chi connectivity index (χ4n) is 1.30. The second-order valence-electron chi connectivity index (χ2n) is 3.11. The third-order valence-corrected chi connectivity index (χ3v) is 2.28. The van der Waals surface area contributed by atoms with E-state index in [0.717, 1.165) is 0 Å². The molecule has 4 nitrogen and oxygen atoms in total. The van der Waals surface area contributed by atoms with E-state index < -0.39 is 0 Å². The van der Waals surface area contributed by atoms with E-state index in [9.17, 15) is 4.79 Å². The van der Waals surface area contributed by atoms with Gasteiger partial charge < -0.3 is 15.0 Å². The van der Waals surface area contributed by atoms with Gasteiger partial charge in [-0.25, -0.2) is 0 Å². The van der Waals surface area contributed by atoms with Crippen LogP contribution in [0.5, 0.6) is 0 Å². The number of morpholine rings is 1. The largest absolute Gasteiger partial charge is 0.378 e. The maximum absolute atomic E-state index is 11.7. The lowest BCUT2D eigenvalue weighted by atomic mass is 10.3. The second-order valence-corrected chi connectivity index (χ2v) is 4.27. The summed E-state index contributed by atoms with van der Waals surface area (Å²) in [7, 11) is 0. The predicted molar refractivity (Wildman–Crippen MR) is 61.6 cm³/mol. The van der Waals surface area contributed by atoms with Gasteiger partial charge >= 0.3 is 0 Å². The molecule has 1 atom stereocenters. The van der Waals surface area contributed by atoms with Crippen LogP contribution < -0.4 is 5.32 Å². The molecule has 1 unspecified atom stereocenters. The molecule has 0 radical (unpaired) electrons. The molecule has 14 heavy (non-hydrogen) atoms. The number of nitrogens with one attached hydrogen (secondary N) is 1. The van der Waals surface area contributed by atoms with Crippen molar-refractivity contribution in [1.82, 2.24) is 10.2 Å². The lowest BCUT2D eigenvalue weighted by Gasteiger charge is -2.29. The zero-order valence-corrected chi connectivity index (χ0v) is 9.74. The topological polar surface area (TPSA) is 41.6 Å². The van der Waals surface area contributed by atoms with Crippen molar-refractivity contribution in [3.8, 4) is 0 Å². The minimum Gasteiger partial charge on any atom is -0.378 e. The molecule has 0 aromatic rings. The highest BCUT2D eigenvalue weighted by Gasteiger charge is 2.22. The van der Waals surface area contributed by atoms with Crippen molar-refractivity contribution in [2.24, 2.45) is 0 Å². The van der Waals surface area contributed by atoms with Gasteiger partial charge in [0.2, 0.25) is 5.91 Å². The normalized spacial score (nSPS) is 18.9. The van der Waals surface area contributed by atoms with Gasteiger partial charge in [-0.1, -0.05) is 12.2 Å². The number of rotatable bonds is 2. The molecule has 1 rings (SSSR count). The Labute approximate surface area is 94.4 Å². The van der Waals surface area contributed by atoms with E-state index in [-0.39, 0.29) is 11.9 Å². The molecule has 1 saturated heterocycles. The van der Waals surface area contributed by atoms with Gasteiger partial charge in [0.15, 0.2) is 0 Å². The van der Waals surface area contributed by atoms with E-state index in [1.54, 1.807) is 11.8 Å². The highest BCUT2D eigenvalue weighted by molar-refractivity contribution is 8.11. The van der Waals surface area contributed by atoms with Crippen LogP contribution in [-0.2, 0) is 9.53 Å². The maximum Gasteiger partial charge on any atom is 0.244 e. The van der Waals surface area contributed by atoms with Crippen LogP contribution in [0.1, 0.15) is 6.92 Å². The summed E-state index contributed by atoms with van der Waals surface area (Å²) in [4.78, 5) is 13.5. The van der Waals surface area contributed by atoms with E-state index in [1.807, 2.05) is 0 Å². The first-order chi connectivity index (χ1) is 6.61. The summed E-state index contributed by atoms with van der Waals surface area (Å²) >= 11 is 8.67. The van der Waals surface area contributed by atoms with E-state index in [1.165, 1.54) is 0 Å². The number of thiol groups is 1. The molecule has 1 fully saturated rings. The average Bonchev–Trinajstić information content (AvgIpc) is 2.17.